The minimum absolute atomic E-state index is 0.159. The molecule has 34 heavy (non-hydrogen) atoms. The van der Waals surface area contributed by atoms with Crippen LogP contribution in [0.2, 0.25) is 5.02 Å². The Hall–Kier alpha value is -3.83. The highest BCUT2D eigenvalue weighted by atomic mass is 35.5. The van der Waals surface area contributed by atoms with Crippen molar-refractivity contribution in [2.75, 3.05) is 18.6 Å². The maximum atomic E-state index is 13.6. The third-order valence-corrected chi connectivity index (χ3v) is 5.75. The Morgan fingerprint density at radius 3 is 2.35 bits per heavy atom. The molecule has 0 N–H and O–H groups in total. The number of hydrogen-bond donors (Lipinski definition) is 0. The number of halogens is 1. The molecule has 6 heteroatoms. The van der Waals surface area contributed by atoms with Crippen LogP contribution in [0.25, 0.3) is 11.8 Å². The zero-order chi connectivity index (χ0) is 24.2. The number of aryl methyl sites for hydroxylation is 1. The molecule has 0 unspecified atom stereocenters. The van der Waals surface area contributed by atoms with E-state index in [0.717, 1.165) is 28.1 Å². The Morgan fingerprint density at radius 2 is 1.74 bits per heavy atom. The van der Waals surface area contributed by atoms with E-state index in [4.69, 9.17) is 21.1 Å². The van der Waals surface area contributed by atoms with Gasteiger partial charge in [-0.15, -0.1) is 0 Å². The average Bonchev–Trinajstić information content (AvgIpc) is 3.16. The second-order valence-corrected chi connectivity index (χ2v) is 8.21. The molecule has 3 aromatic rings. The second kappa shape index (κ2) is 9.98. The summed E-state index contributed by atoms with van der Waals surface area (Å²) < 4.78 is 10.3. The van der Waals surface area contributed by atoms with Crippen LogP contribution in [-0.2, 0) is 9.53 Å². The van der Waals surface area contributed by atoms with Gasteiger partial charge >= 0.3 is 5.97 Å². The van der Waals surface area contributed by atoms with Crippen LogP contribution in [0, 0.1) is 6.92 Å². The molecule has 1 heterocycles. The lowest BCUT2D eigenvalue weighted by atomic mass is 10.1. The molecule has 0 saturated heterocycles. The molecule has 0 aliphatic carbocycles. The standard InChI is InChI=1S/C28H24ClNO4/c1-4-34-24-12-5-19(6-13-24)16-22-17-26(20-7-10-23(29)11-8-20)30(27(22)31)25-14-9-21(15-18(25)2)28(32)33-3/h5-17H,4H2,1-3H3/b22-16+. The van der Waals surface area contributed by atoms with Crippen LogP contribution in [0.1, 0.15) is 34.0 Å². The van der Waals surface area contributed by atoms with Crippen LogP contribution in [0.15, 0.2) is 78.4 Å². The average molecular weight is 474 g/mol. The second-order valence-electron chi connectivity index (χ2n) is 7.77. The first kappa shape index (κ1) is 23.3. The minimum Gasteiger partial charge on any atom is -0.494 e. The van der Waals surface area contributed by atoms with Gasteiger partial charge in [-0.2, -0.15) is 0 Å². The van der Waals surface area contributed by atoms with Crippen molar-refractivity contribution in [2.24, 2.45) is 0 Å². The number of esters is 1. The van der Waals surface area contributed by atoms with E-state index in [1.165, 1.54) is 7.11 Å². The first-order valence-electron chi connectivity index (χ1n) is 10.9. The third-order valence-electron chi connectivity index (χ3n) is 5.50. The lowest BCUT2D eigenvalue weighted by molar-refractivity contribution is -0.113. The molecule has 3 aromatic carbocycles. The van der Waals surface area contributed by atoms with Crippen LogP contribution in [-0.4, -0.2) is 25.6 Å². The van der Waals surface area contributed by atoms with Gasteiger partial charge in [-0.25, -0.2) is 4.79 Å². The number of nitrogens with zero attached hydrogens (tertiary/aromatic N) is 1. The summed E-state index contributed by atoms with van der Waals surface area (Å²) in [6.45, 7) is 4.39. The van der Waals surface area contributed by atoms with Crippen molar-refractivity contribution in [3.8, 4) is 5.75 Å². The van der Waals surface area contributed by atoms with Crippen LogP contribution in [0.4, 0.5) is 5.69 Å². The van der Waals surface area contributed by atoms with Gasteiger partial charge in [0.15, 0.2) is 0 Å². The van der Waals surface area contributed by atoms with E-state index in [1.807, 2.05) is 62.4 Å². The van der Waals surface area contributed by atoms with Gasteiger partial charge in [-0.05, 0) is 85.2 Å². The fraction of sp³-hybridized carbons (Fsp3) is 0.143. The summed E-state index contributed by atoms with van der Waals surface area (Å²) in [7, 11) is 1.34. The number of ether oxygens (including phenoxy) is 2. The number of methoxy groups -OCH3 is 1. The molecule has 172 valence electrons. The van der Waals surface area contributed by atoms with Crippen molar-refractivity contribution < 1.29 is 19.1 Å². The first-order chi connectivity index (χ1) is 16.4. The van der Waals surface area contributed by atoms with E-state index in [2.05, 4.69) is 0 Å². The fourth-order valence-electron chi connectivity index (χ4n) is 3.85. The third kappa shape index (κ3) is 4.75. The number of amides is 1. The maximum absolute atomic E-state index is 13.6. The molecule has 1 amide bonds. The molecular formula is C28H24ClNO4. The number of rotatable bonds is 6. The highest BCUT2D eigenvalue weighted by Crippen LogP contribution is 2.37. The number of carbonyl (C=O) groups excluding carboxylic acids is 2. The largest absolute Gasteiger partial charge is 0.494 e. The van der Waals surface area contributed by atoms with Gasteiger partial charge in [0.1, 0.15) is 5.75 Å². The summed E-state index contributed by atoms with van der Waals surface area (Å²) in [5.74, 6) is 0.197. The van der Waals surface area contributed by atoms with Crippen LogP contribution >= 0.6 is 11.6 Å². The fourth-order valence-corrected chi connectivity index (χ4v) is 3.97. The van der Waals surface area contributed by atoms with Gasteiger partial charge in [-0.1, -0.05) is 35.9 Å². The zero-order valence-corrected chi connectivity index (χ0v) is 19.9. The highest BCUT2D eigenvalue weighted by Gasteiger charge is 2.31. The number of anilines is 1. The predicted octanol–water partition coefficient (Wildman–Crippen LogP) is 6.31. The maximum Gasteiger partial charge on any atom is 0.337 e. The van der Waals surface area contributed by atoms with Gasteiger partial charge < -0.3 is 9.47 Å². The lowest BCUT2D eigenvalue weighted by Gasteiger charge is -2.23. The molecule has 0 saturated carbocycles. The normalized spacial score (nSPS) is 14.4. The molecule has 0 spiro atoms. The molecular weight excluding hydrogens is 450 g/mol. The Bertz CT molecular complexity index is 1290. The van der Waals surface area contributed by atoms with Gasteiger partial charge in [0.25, 0.3) is 5.91 Å². The summed E-state index contributed by atoms with van der Waals surface area (Å²) in [5.41, 5.74) is 4.91. The van der Waals surface area contributed by atoms with Crippen molar-refractivity contribution in [2.45, 2.75) is 13.8 Å². The Kier molecular flexibility index (Phi) is 6.85. The zero-order valence-electron chi connectivity index (χ0n) is 19.2. The predicted molar refractivity (Wildman–Crippen MR) is 135 cm³/mol. The number of hydrogen-bond acceptors (Lipinski definition) is 4. The van der Waals surface area contributed by atoms with Crippen molar-refractivity contribution in [3.05, 3.63) is 106 Å². The number of carbonyl (C=O) groups is 2. The number of benzene rings is 3. The SMILES string of the molecule is CCOc1ccc(/C=C2\C=C(c3ccc(Cl)cc3)N(c3ccc(C(=O)OC)cc3C)C2=O)cc1. The molecule has 5 nitrogen and oxygen atoms in total. The van der Waals surface area contributed by atoms with Crippen molar-refractivity contribution in [1.82, 2.24) is 0 Å². The lowest BCUT2D eigenvalue weighted by Crippen LogP contribution is -2.26. The van der Waals surface area contributed by atoms with E-state index in [0.29, 0.717) is 28.5 Å². The Labute approximate surface area is 203 Å². The smallest absolute Gasteiger partial charge is 0.337 e. The molecule has 0 atom stereocenters. The molecule has 0 bridgehead atoms. The van der Waals surface area contributed by atoms with E-state index in [9.17, 15) is 9.59 Å². The van der Waals surface area contributed by atoms with E-state index in [1.54, 1.807) is 35.2 Å². The van der Waals surface area contributed by atoms with Gasteiger partial charge in [0.05, 0.1) is 30.7 Å². The van der Waals surface area contributed by atoms with Crippen LogP contribution < -0.4 is 9.64 Å². The Morgan fingerprint density at radius 1 is 1.03 bits per heavy atom. The molecule has 0 fully saturated rings. The van der Waals surface area contributed by atoms with Crippen molar-refractivity contribution in [3.63, 3.8) is 0 Å². The summed E-state index contributed by atoms with van der Waals surface area (Å²) in [5, 5.41) is 0.615. The topological polar surface area (TPSA) is 55.8 Å². The summed E-state index contributed by atoms with van der Waals surface area (Å²) in [4.78, 5) is 27.2. The summed E-state index contributed by atoms with van der Waals surface area (Å²) >= 11 is 6.09. The van der Waals surface area contributed by atoms with Gasteiger partial charge in [0, 0.05) is 10.6 Å². The first-order valence-corrected chi connectivity index (χ1v) is 11.2. The molecule has 1 aliphatic heterocycles. The van der Waals surface area contributed by atoms with Crippen LogP contribution in [0.5, 0.6) is 5.75 Å². The van der Waals surface area contributed by atoms with Gasteiger partial charge in [0.2, 0.25) is 0 Å². The highest BCUT2D eigenvalue weighted by molar-refractivity contribution is 6.30. The molecule has 0 radical (unpaired) electrons. The monoisotopic (exact) mass is 473 g/mol. The Balaban J connectivity index is 1.77. The summed E-state index contributed by atoms with van der Waals surface area (Å²) in [6.07, 6.45) is 3.72. The van der Waals surface area contributed by atoms with Gasteiger partial charge in [-0.3, -0.25) is 9.69 Å². The summed E-state index contributed by atoms with van der Waals surface area (Å²) in [6, 6.07) is 20.1. The van der Waals surface area contributed by atoms with Crippen LogP contribution in [0.3, 0.4) is 0 Å². The van der Waals surface area contributed by atoms with Crippen molar-refractivity contribution in [1.29, 1.82) is 0 Å². The van der Waals surface area contributed by atoms with Crippen molar-refractivity contribution >= 4 is 40.9 Å². The minimum atomic E-state index is -0.424. The quantitative estimate of drug-likeness (QED) is 0.311. The van der Waals surface area contributed by atoms with E-state index >= 15 is 0 Å². The molecule has 0 aromatic heterocycles. The molecule has 4 rings (SSSR count). The van der Waals surface area contributed by atoms with E-state index < -0.39 is 5.97 Å². The van der Waals surface area contributed by atoms with E-state index in [-0.39, 0.29) is 5.91 Å². The molecule has 1 aliphatic rings.